The second-order valence-corrected chi connectivity index (χ2v) is 7.65. The molecule has 4 bridgehead atoms. The molecule has 3 atom stereocenters. The quantitative estimate of drug-likeness (QED) is 0.519. The molecule has 0 radical (unpaired) electrons. The first-order valence-corrected chi connectivity index (χ1v) is 8.63. The van der Waals surface area contributed by atoms with Gasteiger partial charge in [-0.2, -0.15) is 0 Å². The number of nitrogens with zero attached hydrogens (tertiary/aromatic N) is 7. The van der Waals surface area contributed by atoms with Gasteiger partial charge in [-0.05, 0) is 25.3 Å². The topological polar surface area (TPSA) is 101 Å². The van der Waals surface area contributed by atoms with Gasteiger partial charge in [0.05, 0.1) is 18.3 Å². The van der Waals surface area contributed by atoms with Gasteiger partial charge in [-0.3, -0.25) is 5.01 Å². The van der Waals surface area contributed by atoms with E-state index < -0.39 is 23.0 Å². The van der Waals surface area contributed by atoms with Gasteiger partial charge >= 0.3 is 22.8 Å². The van der Waals surface area contributed by atoms with Gasteiger partial charge in [0.2, 0.25) is 0 Å². The lowest BCUT2D eigenvalue weighted by atomic mass is 9.74. The van der Waals surface area contributed by atoms with Crippen molar-refractivity contribution in [2.45, 2.75) is 37.4 Å². The number of aromatic nitrogens is 6. The molecule has 7 rings (SSSR count). The maximum atomic E-state index is 12.9. The maximum Gasteiger partial charge on any atom is 0.366 e. The van der Waals surface area contributed by atoms with Crippen LogP contribution in [0.3, 0.4) is 0 Å². The molecule has 11 nitrogen and oxygen atoms in total. The Morgan fingerprint density at radius 3 is 2.31 bits per heavy atom. The Hall–Kier alpha value is -2.98. The summed E-state index contributed by atoms with van der Waals surface area (Å²) >= 11 is 0. The van der Waals surface area contributed by atoms with Crippen LogP contribution in [0, 0.1) is 0 Å². The predicted molar refractivity (Wildman–Crippen MR) is 88.9 cm³/mol. The SMILES string of the molecule is CC1=C2N3C[C@H](n4c(=O)n(C)c(=O)n43)C23CCC1n1c(=O)n(C)c(=O)n13. The van der Waals surface area contributed by atoms with Gasteiger partial charge in [0.15, 0.2) is 0 Å². The predicted octanol–water partition coefficient (Wildman–Crippen LogP) is -2.47. The van der Waals surface area contributed by atoms with E-state index in [0.717, 1.165) is 26.8 Å². The molecule has 2 unspecified atom stereocenters. The molecular formula is C15H17N7O4. The minimum Gasteiger partial charge on any atom is -0.261 e. The van der Waals surface area contributed by atoms with Gasteiger partial charge in [-0.15, -0.1) is 4.79 Å². The maximum absolute atomic E-state index is 12.9. The van der Waals surface area contributed by atoms with Gasteiger partial charge in [0, 0.05) is 14.1 Å². The monoisotopic (exact) mass is 359 g/mol. The Labute approximate surface area is 145 Å². The van der Waals surface area contributed by atoms with Crippen LogP contribution in [0.1, 0.15) is 31.8 Å². The standard InChI is InChI=1S/C15H17N7O4/c1-7-8-4-5-15(21-13(25)16(2)11(23)19(8)21)9-6-18(10(7)15)22-14(26)17(3)12(24)20(9)22/h8-9H,4-6H2,1-3H3/t8?,9-,15?/m0/s1. The van der Waals surface area contributed by atoms with Crippen LogP contribution in [0.15, 0.2) is 30.4 Å². The first kappa shape index (κ1) is 14.2. The van der Waals surface area contributed by atoms with E-state index in [4.69, 9.17) is 0 Å². The van der Waals surface area contributed by atoms with Crippen LogP contribution >= 0.6 is 0 Å². The van der Waals surface area contributed by atoms with Gasteiger partial charge in [0.25, 0.3) is 0 Å². The van der Waals surface area contributed by atoms with Gasteiger partial charge in [-0.25, -0.2) is 42.4 Å². The summed E-state index contributed by atoms with van der Waals surface area (Å²) in [6.07, 6.45) is 1.39. The van der Waals surface area contributed by atoms with Crippen LogP contribution in [0.4, 0.5) is 0 Å². The third kappa shape index (κ3) is 1.06. The lowest BCUT2D eigenvalue weighted by Gasteiger charge is -2.50. The molecule has 2 aromatic heterocycles. The largest absolute Gasteiger partial charge is 0.366 e. The van der Waals surface area contributed by atoms with Crippen LogP contribution in [-0.2, 0) is 19.6 Å². The number of hydrogen-bond donors (Lipinski definition) is 0. The fourth-order valence-corrected chi connectivity index (χ4v) is 5.67. The summed E-state index contributed by atoms with van der Waals surface area (Å²) in [4.78, 5) is 52.2. The second kappa shape index (κ2) is 3.74. The van der Waals surface area contributed by atoms with Crippen molar-refractivity contribution < 1.29 is 0 Å². The lowest BCUT2D eigenvalue weighted by molar-refractivity contribution is 0.0811. The zero-order chi connectivity index (χ0) is 18.3. The number of rotatable bonds is 0. The smallest absolute Gasteiger partial charge is 0.261 e. The molecule has 1 spiro atoms. The summed E-state index contributed by atoms with van der Waals surface area (Å²) < 4.78 is 6.74. The van der Waals surface area contributed by atoms with Gasteiger partial charge in [-0.1, -0.05) is 0 Å². The summed E-state index contributed by atoms with van der Waals surface area (Å²) in [6, 6.07) is -0.604. The summed E-state index contributed by atoms with van der Waals surface area (Å²) in [5.74, 6) is 0. The van der Waals surface area contributed by atoms with Crippen LogP contribution < -0.4 is 27.8 Å². The van der Waals surface area contributed by atoms with Crippen molar-refractivity contribution in [1.82, 2.24) is 28.0 Å². The molecule has 0 N–H and O–H groups in total. The molecule has 11 heteroatoms. The van der Waals surface area contributed by atoms with Crippen LogP contribution in [0.5, 0.6) is 0 Å². The number of hydrogen-bond acceptors (Lipinski definition) is 5. The van der Waals surface area contributed by atoms with Crippen molar-refractivity contribution in [3.8, 4) is 0 Å². The summed E-state index contributed by atoms with van der Waals surface area (Å²) in [6.45, 7) is 2.40. The average molecular weight is 359 g/mol. The molecule has 1 fully saturated rings. The Bertz CT molecular complexity index is 1310. The molecule has 136 valence electrons. The van der Waals surface area contributed by atoms with E-state index in [2.05, 4.69) is 0 Å². The van der Waals surface area contributed by atoms with Crippen molar-refractivity contribution >= 4 is 0 Å². The molecule has 6 heterocycles. The molecule has 0 aromatic carbocycles. The third-order valence-electron chi connectivity index (χ3n) is 6.75. The number of fused-ring (bicyclic) bond motifs is 6. The molecule has 2 aromatic rings. The molecule has 26 heavy (non-hydrogen) atoms. The van der Waals surface area contributed by atoms with E-state index in [1.165, 1.54) is 23.6 Å². The zero-order valence-corrected chi connectivity index (χ0v) is 14.5. The van der Waals surface area contributed by atoms with Crippen molar-refractivity contribution in [1.29, 1.82) is 0 Å². The molecule has 1 aliphatic carbocycles. The Morgan fingerprint density at radius 1 is 0.923 bits per heavy atom. The van der Waals surface area contributed by atoms with E-state index >= 15 is 0 Å². The summed E-state index contributed by atoms with van der Waals surface area (Å²) in [5.41, 5.74) is -0.441. The zero-order valence-electron chi connectivity index (χ0n) is 14.5. The first-order valence-electron chi connectivity index (χ1n) is 8.63. The molecule has 4 aliphatic heterocycles. The highest BCUT2D eigenvalue weighted by molar-refractivity contribution is 5.46. The Morgan fingerprint density at radius 2 is 1.58 bits per heavy atom. The van der Waals surface area contributed by atoms with Crippen molar-refractivity contribution in [2.24, 2.45) is 14.1 Å². The highest BCUT2D eigenvalue weighted by Crippen LogP contribution is 2.58. The molecule has 0 saturated carbocycles. The Balaban J connectivity index is 1.81. The van der Waals surface area contributed by atoms with E-state index in [1.807, 2.05) is 11.9 Å². The molecule has 1 saturated heterocycles. The van der Waals surface area contributed by atoms with E-state index in [9.17, 15) is 19.2 Å². The van der Waals surface area contributed by atoms with Crippen LogP contribution in [0.2, 0.25) is 0 Å². The normalized spacial score (nSPS) is 30.2. The van der Waals surface area contributed by atoms with E-state index in [1.54, 1.807) is 9.36 Å². The number of allylic oxidation sites excluding steroid dienone is 2. The van der Waals surface area contributed by atoms with Gasteiger partial charge in [0.1, 0.15) is 11.6 Å². The fraction of sp³-hybridized carbons (Fsp3) is 0.600. The highest BCUT2D eigenvalue weighted by atomic mass is 16.2. The summed E-state index contributed by atoms with van der Waals surface area (Å²) in [5, 5.41) is 1.82. The fourth-order valence-electron chi connectivity index (χ4n) is 5.67. The van der Waals surface area contributed by atoms with Crippen molar-refractivity contribution in [2.75, 3.05) is 11.6 Å². The third-order valence-corrected chi connectivity index (χ3v) is 6.75. The second-order valence-electron chi connectivity index (χ2n) is 7.65. The molecular weight excluding hydrogens is 342 g/mol. The van der Waals surface area contributed by atoms with Gasteiger partial charge < -0.3 is 0 Å². The average Bonchev–Trinajstić information content (AvgIpc) is 3.30. The summed E-state index contributed by atoms with van der Waals surface area (Å²) in [7, 11) is 2.93. The molecule has 0 amide bonds. The minimum atomic E-state index is -0.798. The van der Waals surface area contributed by atoms with Crippen LogP contribution in [0.25, 0.3) is 0 Å². The first-order chi connectivity index (χ1) is 12.3. The lowest BCUT2D eigenvalue weighted by Crippen LogP contribution is -2.61. The van der Waals surface area contributed by atoms with E-state index in [-0.39, 0.29) is 17.4 Å². The molecule has 5 aliphatic rings. The van der Waals surface area contributed by atoms with Crippen molar-refractivity contribution in [3.05, 3.63) is 53.2 Å². The Kier molecular flexibility index (Phi) is 2.04. The minimum absolute atomic E-state index is 0.202. The highest BCUT2D eigenvalue weighted by Gasteiger charge is 2.66. The van der Waals surface area contributed by atoms with Crippen LogP contribution in [-0.4, -0.2) is 34.5 Å². The van der Waals surface area contributed by atoms with E-state index in [0.29, 0.717) is 13.0 Å². The van der Waals surface area contributed by atoms with Crippen molar-refractivity contribution in [3.63, 3.8) is 0 Å².